The van der Waals surface area contributed by atoms with Crippen molar-refractivity contribution in [1.82, 2.24) is 24.6 Å². The standard InChI is InChI=1S/C25H31N5O5/c1-15-8-16(2)27-25(26-15)30-18(4)22(17(3)28-30)12-23(31)29(14-24(32)35-7)13-19-9-20(33-5)11-21(10-19)34-6/h8-11H,12-14H2,1-7H3. The number of amides is 1. The van der Waals surface area contributed by atoms with Crippen molar-refractivity contribution in [3.05, 3.63) is 58.2 Å². The first-order chi connectivity index (χ1) is 16.6. The Bertz CT molecular complexity index is 1190. The first-order valence-corrected chi connectivity index (χ1v) is 11.1. The van der Waals surface area contributed by atoms with Crippen molar-refractivity contribution in [1.29, 1.82) is 0 Å². The smallest absolute Gasteiger partial charge is 0.325 e. The van der Waals surface area contributed by atoms with E-state index in [0.717, 1.165) is 28.2 Å². The summed E-state index contributed by atoms with van der Waals surface area (Å²) in [6.45, 7) is 7.49. The van der Waals surface area contributed by atoms with E-state index in [1.54, 1.807) is 37.1 Å². The molecule has 186 valence electrons. The lowest BCUT2D eigenvalue weighted by atomic mass is 10.1. The summed E-state index contributed by atoms with van der Waals surface area (Å²) < 4.78 is 17.1. The van der Waals surface area contributed by atoms with Crippen LogP contribution in [0.5, 0.6) is 11.5 Å². The molecule has 1 amide bonds. The normalized spacial score (nSPS) is 10.7. The second kappa shape index (κ2) is 11.0. The molecule has 0 aliphatic rings. The van der Waals surface area contributed by atoms with Gasteiger partial charge in [-0.2, -0.15) is 5.10 Å². The number of rotatable bonds is 9. The molecule has 0 atom stereocenters. The predicted octanol–water partition coefficient (Wildman–Crippen LogP) is 2.66. The van der Waals surface area contributed by atoms with Gasteiger partial charge in [0.25, 0.3) is 5.95 Å². The second-order valence-corrected chi connectivity index (χ2v) is 8.24. The van der Waals surface area contributed by atoms with Crippen molar-refractivity contribution in [2.24, 2.45) is 0 Å². The highest BCUT2D eigenvalue weighted by atomic mass is 16.5. The minimum Gasteiger partial charge on any atom is -0.497 e. The number of carbonyl (C=O) groups is 2. The van der Waals surface area contributed by atoms with Crippen LogP contribution in [0.15, 0.2) is 24.3 Å². The summed E-state index contributed by atoms with van der Waals surface area (Å²) in [6.07, 6.45) is 0.0561. The summed E-state index contributed by atoms with van der Waals surface area (Å²) in [5.41, 5.74) is 4.63. The Morgan fingerprint density at radius 1 is 0.914 bits per heavy atom. The Kier molecular flexibility index (Phi) is 8.06. The lowest BCUT2D eigenvalue weighted by Gasteiger charge is -2.22. The quantitative estimate of drug-likeness (QED) is 0.429. The zero-order valence-corrected chi connectivity index (χ0v) is 21.2. The van der Waals surface area contributed by atoms with Gasteiger partial charge in [0.05, 0.1) is 33.4 Å². The van der Waals surface area contributed by atoms with Crippen molar-refractivity contribution >= 4 is 11.9 Å². The molecular formula is C25H31N5O5. The number of ether oxygens (including phenoxy) is 3. The van der Waals surface area contributed by atoms with Crippen LogP contribution in [-0.2, 0) is 27.3 Å². The number of esters is 1. The lowest BCUT2D eigenvalue weighted by Crippen LogP contribution is -2.37. The van der Waals surface area contributed by atoms with Crippen molar-refractivity contribution in [3.63, 3.8) is 0 Å². The fourth-order valence-electron chi connectivity index (χ4n) is 3.82. The number of carbonyl (C=O) groups excluding carboxylic acids is 2. The molecule has 35 heavy (non-hydrogen) atoms. The number of benzene rings is 1. The van der Waals surface area contributed by atoms with E-state index < -0.39 is 5.97 Å². The molecule has 0 saturated heterocycles. The van der Waals surface area contributed by atoms with E-state index in [9.17, 15) is 9.59 Å². The van der Waals surface area contributed by atoms with Crippen molar-refractivity contribution in [3.8, 4) is 17.4 Å². The SMILES string of the molecule is COC(=O)CN(Cc1cc(OC)cc(OC)c1)C(=O)Cc1c(C)nn(-c2nc(C)cc(C)n2)c1C. The summed E-state index contributed by atoms with van der Waals surface area (Å²) in [5, 5.41) is 4.58. The third-order valence-corrected chi connectivity index (χ3v) is 5.61. The van der Waals surface area contributed by atoms with Crippen molar-refractivity contribution < 1.29 is 23.8 Å². The third-order valence-electron chi connectivity index (χ3n) is 5.61. The van der Waals surface area contributed by atoms with E-state index in [2.05, 4.69) is 15.1 Å². The van der Waals surface area contributed by atoms with Gasteiger partial charge in [0.15, 0.2) is 0 Å². The van der Waals surface area contributed by atoms with Crippen LogP contribution >= 0.6 is 0 Å². The first-order valence-electron chi connectivity index (χ1n) is 11.1. The zero-order chi connectivity index (χ0) is 25.7. The van der Waals surface area contributed by atoms with Gasteiger partial charge in [-0.25, -0.2) is 14.6 Å². The average Bonchev–Trinajstić information content (AvgIpc) is 3.10. The molecule has 0 spiro atoms. The fourth-order valence-corrected chi connectivity index (χ4v) is 3.82. The highest BCUT2D eigenvalue weighted by molar-refractivity contribution is 5.84. The molecule has 0 unspecified atom stereocenters. The van der Waals surface area contributed by atoms with Crippen LogP contribution in [-0.4, -0.2) is 64.4 Å². The summed E-state index contributed by atoms with van der Waals surface area (Å²) in [6, 6.07) is 7.22. The van der Waals surface area contributed by atoms with E-state index >= 15 is 0 Å². The van der Waals surface area contributed by atoms with E-state index in [4.69, 9.17) is 14.2 Å². The van der Waals surface area contributed by atoms with Gasteiger partial charge in [0.2, 0.25) is 5.91 Å². The number of methoxy groups -OCH3 is 3. The van der Waals surface area contributed by atoms with Gasteiger partial charge in [0.1, 0.15) is 18.0 Å². The maximum absolute atomic E-state index is 13.4. The number of aromatic nitrogens is 4. The highest BCUT2D eigenvalue weighted by Crippen LogP contribution is 2.24. The first kappa shape index (κ1) is 25.7. The van der Waals surface area contributed by atoms with Gasteiger partial charge in [-0.15, -0.1) is 0 Å². The molecule has 10 nitrogen and oxygen atoms in total. The van der Waals surface area contributed by atoms with E-state index in [0.29, 0.717) is 23.1 Å². The van der Waals surface area contributed by atoms with Gasteiger partial charge < -0.3 is 19.1 Å². The van der Waals surface area contributed by atoms with Crippen LogP contribution in [0.2, 0.25) is 0 Å². The molecule has 0 aliphatic heterocycles. The van der Waals surface area contributed by atoms with E-state index in [1.807, 2.05) is 33.8 Å². The summed E-state index contributed by atoms with van der Waals surface area (Å²) in [4.78, 5) is 35.9. The average molecular weight is 482 g/mol. The largest absolute Gasteiger partial charge is 0.497 e. The van der Waals surface area contributed by atoms with Crippen LogP contribution in [0.1, 0.15) is 33.9 Å². The molecular weight excluding hydrogens is 450 g/mol. The summed E-state index contributed by atoms with van der Waals surface area (Å²) >= 11 is 0. The predicted molar refractivity (Wildman–Crippen MR) is 129 cm³/mol. The number of aryl methyl sites for hydroxylation is 3. The van der Waals surface area contributed by atoms with Gasteiger partial charge in [-0.1, -0.05) is 0 Å². The molecule has 0 fully saturated rings. The maximum atomic E-state index is 13.4. The molecule has 2 aromatic heterocycles. The summed E-state index contributed by atoms with van der Waals surface area (Å²) in [7, 11) is 4.40. The molecule has 0 bridgehead atoms. The van der Waals surface area contributed by atoms with Crippen molar-refractivity contribution in [2.75, 3.05) is 27.9 Å². The minimum atomic E-state index is -0.513. The molecule has 3 rings (SSSR count). The van der Waals surface area contributed by atoms with E-state index in [-0.39, 0.29) is 25.4 Å². The number of nitrogens with zero attached hydrogens (tertiary/aromatic N) is 5. The van der Waals surface area contributed by atoms with E-state index in [1.165, 1.54) is 12.0 Å². The van der Waals surface area contributed by atoms with Crippen LogP contribution in [0.25, 0.3) is 5.95 Å². The Hall–Kier alpha value is -3.95. The van der Waals surface area contributed by atoms with Crippen LogP contribution in [0.4, 0.5) is 0 Å². The lowest BCUT2D eigenvalue weighted by molar-refractivity contribution is -0.147. The Labute approximate surface area is 204 Å². The molecule has 0 aliphatic carbocycles. The van der Waals surface area contributed by atoms with Gasteiger partial charge in [-0.05, 0) is 51.5 Å². The monoisotopic (exact) mass is 481 g/mol. The van der Waals surface area contributed by atoms with Crippen LogP contribution < -0.4 is 9.47 Å². The maximum Gasteiger partial charge on any atom is 0.325 e. The zero-order valence-electron chi connectivity index (χ0n) is 21.2. The Balaban J connectivity index is 1.91. The Morgan fingerprint density at radius 2 is 1.51 bits per heavy atom. The highest BCUT2D eigenvalue weighted by Gasteiger charge is 2.23. The van der Waals surface area contributed by atoms with Gasteiger partial charge >= 0.3 is 5.97 Å². The van der Waals surface area contributed by atoms with Gasteiger partial charge in [-0.3, -0.25) is 9.59 Å². The summed E-state index contributed by atoms with van der Waals surface area (Å²) in [5.74, 6) is 0.874. The molecule has 3 aromatic rings. The van der Waals surface area contributed by atoms with Crippen LogP contribution in [0.3, 0.4) is 0 Å². The minimum absolute atomic E-state index is 0.0561. The third kappa shape index (κ3) is 6.14. The Morgan fingerprint density at radius 3 is 2.06 bits per heavy atom. The van der Waals surface area contributed by atoms with Crippen LogP contribution in [0, 0.1) is 27.7 Å². The molecule has 1 aromatic carbocycles. The molecule has 0 N–H and O–H groups in total. The molecule has 10 heteroatoms. The van der Waals surface area contributed by atoms with Gasteiger partial charge in [0, 0.05) is 35.3 Å². The number of hydrogen-bond donors (Lipinski definition) is 0. The molecule has 0 saturated carbocycles. The molecule has 2 heterocycles. The second-order valence-electron chi connectivity index (χ2n) is 8.24. The number of hydrogen-bond acceptors (Lipinski definition) is 8. The van der Waals surface area contributed by atoms with Crippen molar-refractivity contribution in [2.45, 2.75) is 40.7 Å². The molecule has 0 radical (unpaired) electrons. The topological polar surface area (TPSA) is 109 Å². The fraction of sp³-hybridized carbons (Fsp3) is 0.400.